The monoisotopic (exact) mass is 460 g/mol. The van der Waals surface area contributed by atoms with E-state index < -0.39 is 30.2 Å². The van der Waals surface area contributed by atoms with Crippen LogP contribution in [0.15, 0.2) is 34.5 Å². The number of carbonyl (C=O) groups is 1. The molecule has 1 amide bonds. The Morgan fingerprint density at radius 1 is 1.29 bits per heavy atom. The zero-order valence-corrected chi connectivity index (χ0v) is 17.7. The van der Waals surface area contributed by atoms with E-state index in [4.69, 9.17) is 23.1 Å². The lowest BCUT2D eigenvalue weighted by Gasteiger charge is -2.22. The van der Waals surface area contributed by atoms with E-state index in [1.54, 1.807) is 0 Å². The lowest BCUT2D eigenvalue weighted by atomic mass is 9.90. The fourth-order valence-electron chi connectivity index (χ4n) is 4.91. The van der Waals surface area contributed by atoms with Crippen LogP contribution in [0.5, 0.6) is 0 Å². The predicted molar refractivity (Wildman–Crippen MR) is 112 cm³/mol. The molecule has 2 fully saturated rings. The lowest BCUT2D eigenvalue weighted by Crippen LogP contribution is -2.31. The topological polar surface area (TPSA) is 93.5 Å². The first-order valence-electron chi connectivity index (χ1n) is 9.98. The fraction of sp³-hybridized carbons (Fsp3) is 0.524. The van der Waals surface area contributed by atoms with Crippen LogP contribution in [0.4, 0.5) is 23.2 Å². The van der Waals surface area contributed by atoms with E-state index in [1.165, 1.54) is 19.2 Å². The number of nitrogens with one attached hydrogen (secondary N) is 1. The number of alkyl halides is 3. The van der Waals surface area contributed by atoms with Gasteiger partial charge in [-0.1, -0.05) is 11.6 Å². The Bertz CT molecular complexity index is 907. The first-order chi connectivity index (χ1) is 14.5. The van der Waals surface area contributed by atoms with E-state index >= 15 is 0 Å². The normalized spacial score (nSPS) is 29.1. The van der Waals surface area contributed by atoms with Crippen molar-refractivity contribution in [3.8, 4) is 0 Å². The number of aliphatic imine (C=N–C) groups is 1. The first-order valence-corrected chi connectivity index (χ1v) is 10.4. The molecule has 3 rings (SSSR count). The van der Waals surface area contributed by atoms with Gasteiger partial charge in [-0.3, -0.25) is 9.79 Å². The number of amidine groups is 1. The highest BCUT2D eigenvalue weighted by Crippen LogP contribution is 2.55. The number of anilines is 1. The number of allylic oxidation sites excluding steroid dienone is 1. The van der Waals surface area contributed by atoms with E-state index in [2.05, 4.69) is 10.3 Å². The van der Waals surface area contributed by atoms with Crippen molar-refractivity contribution in [2.45, 2.75) is 44.2 Å². The zero-order valence-electron chi connectivity index (χ0n) is 17.0. The minimum Gasteiger partial charge on any atom is -0.401 e. The van der Waals surface area contributed by atoms with Gasteiger partial charge in [0.25, 0.3) is 5.91 Å². The molecule has 5 nitrogen and oxygen atoms in total. The van der Waals surface area contributed by atoms with Crippen LogP contribution < -0.4 is 16.8 Å². The molecule has 2 unspecified atom stereocenters. The van der Waals surface area contributed by atoms with E-state index in [-0.39, 0.29) is 58.4 Å². The molecule has 0 aromatic heterocycles. The molecule has 0 radical (unpaired) electrons. The maximum absolute atomic E-state index is 14.7. The SMILES string of the molecule is CN=C(N)C(C(=O)Nc1ccc(F)c(Cl)c1)=C(N)C1CC2CC(F)(CC(F)F)CC2C1. The molecule has 170 valence electrons. The van der Waals surface area contributed by atoms with Gasteiger partial charge in [0.1, 0.15) is 22.9 Å². The smallest absolute Gasteiger partial charge is 0.261 e. The predicted octanol–water partition coefficient (Wildman–Crippen LogP) is 4.42. The minimum absolute atomic E-state index is 0.00740. The summed E-state index contributed by atoms with van der Waals surface area (Å²) < 4.78 is 53.5. The molecule has 1 aromatic rings. The second kappa shape index (κ2) is 9.06. The van der Waals surface area contributed by atoms with Crippen LogP contribution >= 0.6 is 11.6 Å². The Balaban J connectivity index is 1.78. The number of halogens is 5. The molecular formula is C21H25ClF4N4O. The summed E-state index contributed by atoms with van der Waals surface area (Å²) in [5.41, 5.74) is 10.9. The van der Waals surface area contributed by atoms with Gasteiger partial charge in [-0.15, -0.1) is 0 Å². The van der Waals surface area contributed by atoms with Crippen LogP contribution in [-0.4, -0.2) is 30.9 Å². The van der Waals surface area contributed by atoms with E-state index in [1.807, 2.05) is 0 Å². The highest BCUT2D eigenvalue weighted by atomic mass is 35.5. The number of nitrogens with zero attached hydrogens (tertiary/aromatic N) is 1. The number of hydrogen-bond donors (Lipinski definition) is 3. The Morgan fingerprint density at radius 2 is 1.90 bits per heavy atom. The Hall–Kier alpha value is -2.29. The second-order valence-corrected chi connectivity index (χ2v) is 8.77. The minimum atomic E-state index is -2.68. The third-order valence-electron chi connectivity index (χ3n) is 6.25. The molecule has 1 aromatic carbocycles. The van der Waals surface area contributed by atoms with E-state index in [9.17, 15) is 22.4 Å². The number of nitrogens with two attached hydrogens (primary N) is 2. The van der Waals surface area contributed by atoms with E-state index in [0.29, 0.717) is 12.8 Å². The molecule has 0 spiro atoms. The highest BCUT2D eigenvalue weighted by Gasteiger charge is 2.51. The second-order valence-electron chi connectivity index (χ2n) is 8.37. The van der Waals surface area contributed by atoms with Crippen molar-refractivity contribution in [3.63, 3.8) is 0 Å². The maximum Gasteiger partial charge on any atom is 0.261 e. The number of benzene rings is 1. The molecular weight excluding hydrogens is 436 g/mol. The van der Waals surface area contributed by atoms with E-state index in [0.717, 1.165) is 6.07 Å². The molecule has 0 aliphatic heterocycles. The molecule has 2 aliphatic carbocycles. The number of fused-ring (bicyclic) bond motifs is 1. The van der Waals surface area contributed by atoms with Gasteiger partial charge < -0.3 is 16.8 Å². The van der Waals surface area contributed by atoms with Crippen LogP contribution in [0.2, 0.25) is 5.02 Å². The Kier molecular flexibility index (Phi) is 6.83. The average molecular weight is 461 g/mol. The number of amides is 1. The summed E-state index contributed by atoms with van der Waals surface area (Å²) in [5.74, 6) is -1.72. The van der Waals surface area contributed by atoms with Gasteiger partial charge in [0, 0.05) is 24.9 Å². The zero-order chi connectivity index (χ0) is 22.9. The molecule has 5 N–H and O–H groups in total. The number of rotatable bonds is 6. The van der Waals surface area contributed by atoms with Gasteiger partial charge in [0.05, 0.1) is 5.02 Å². The summed E-state index contributed by atoms with van der Waals surface area (Å²) in [6, 6.07) is 3.71. The molecule has 0 bridgehead atoms. The number of carbonyl (C=O) groups excluding carboxylic acids is 1. The van der Waals surface area contributed by atoms with Crippen LogP contribution in [-0.2, 0) is 4.79 Å². The Morgan fingerprint density at radius 3 is 2.42 bits per heavy atom. The van der Waals surface area contributed by atoms with Gasteiger partial charge in [0.2, 0.25) is 6.43 Å². The molecule has 10 heteroatoms. The van der Waals surface area contributed by atoms with Crippen molar-refractivity contribution in [1.82, 2.24) is 0 Å². The lowest BCUT2D eigenvalue weighted by molar-refractivity contribution is -0.112. The maximum atomic E-state index is 14.7. The van der Waals surface area contributed by atoms with Gasteiger partial charge in [0.15, 0.2) is 0 Å². The Labute approximate surface area is 182 Å². The van der Waals surface area contributed by atoms with Crippen molar-refractivity contribution in [2.75, 3.05) is 12.4 Å². The van der Waals surface area contributed by atoms with Crippen molar-refractivity contribution >= 4 is 29.0 Å². The van der Waals surface area contributed by atoms with Gasteiger partial charge in [-0.05, 0) is 61.6 Å². The van der Waals surface area contributed by atoms with Gasteiger partial charge in [-0.25, -0.2) is 17.6 Å². The molecule has 2 saturated carbocycles. The van der Waals surface area contributed by atoms with Gasteiger partial charge in [-0.2, -0.15) is 0 Å². The molecule has 0 saturated heterocycles. The third-order valence-corrected chi connectivity index (χ3v) is 6.54. The largest absolute Gasteiger partial charge is 0.401 e. The summed E-state index contributed by atoms with van der Waals surface area (Å²) in [5, 5.41) is 2.43. The van der Waals surface area contributed by atoms with Crippen LogP contribution in [0.3, 0.4) is 0 Å². The molecule has 2 aliphatic rings. The summed E-state index contributed by atoms with van der Waals surface area (Å²) in [6.07, 6.45) is -2.32. The number of hydrogen-bond acceptors (Lipinski definition) is 3. The van der Waals surface area contributed by atoms with Crippen molar-refractivity contribution in [3.05, 3.63) is 40.3 Å². The highest BCUT2D eigenvalue weighted by molar-refractivity contribution is 6.31. The molecule has 2 atom stereocenters. The summed E-state index contributed by atoms with van der Waals surface area (Å²) >= 11 is 5.75. The third kappa shape index (κ3) is 5.14. The van der Waals surface area contributed by atoms with Gasteiger partial charge >= 0.3 is 0 Å². The molecule has 0 heterocycles. The summed E-state index contributed by atoms with van der Waals surface area (Å²) in [7, 11) is 1.41. The van der Waals surface area contributed by atoms with Crippen LogP contribution in [0.25, 0.3) is 0 Å². The fourth-order valence-corrected chi connectivity index (χ4v) is 5.09. The quantitative estimate of drug-likeness (QED) is 0.254. The average Bonchev–Trinajstić information content (AvgIpc) is 3.18. The molecule has 31 heavy (non-hydrogen) atoms. The summed E-state index contributed by atoms with van der Waals surface area (Å²) in [4.78, 5) is 16.8. The van der Waals surface area contributed by atoms with Crippen molar-refractivity contribution in [1.29, 1.82) is 0 Å². The van der Waals surface area contributed by atoms with Crippen molar-refractivity contribution in [2.24, 2.45) is 34.2 Å². The van der Waals surface area contributed by atoms with Crippen molar-refractivity contribution < 1.29 is 22.4 Å². The standard InChI is InChI=1S/C21H25ClF4N4O/c1-29-19(28)17(20(31)30-13-2-3-15(23)14(22)6-13)18(27)10-4-11-7-21(26,9-16(24)25)8-12(11)5-10/h2-3,6,10-12,16H,4-5,7-9,27H2,1H3,(H2,28,29)(H,30,31). The van der Waals surface area contributed by atoms with Crippen LogP contribution in [0, 0.1) is 23.6 Å². The van der Waals surface area contributed by atoms with Crippen LogP contribution in [0.1, 0.15) is 32.1 Å². The summed E-state index contributed by atoms with van der Waals surface area (Å²) in [6.45, 7) is 0. The first kappa shape index (κ1) is 23.4.